The van der Waals surface area contributed by atoms with Crippen LogP contribution >= 0.6 is 0 Å². The van der Waals surface area contributed by atoms with Crippen LogP contribution in [0.3, 0.4) is 0 Å². The van der Waals surface area contributed by atoms with E-state index in [4.69, 9.17) is 5.73 Å². The Balaban J connectivity index is 2.02. The minimum atomic E-state index is -3.74. The number of aromatic nitrogens is 2. The average molecular weight is 312 g/mol. The molecule has 1 saturated heterocycles. The van der Waals surface area contributed by atoms with Gasteiger partial charge in [0.1, 0.15) is 10.9 Å². The molecule has 1 aromatic heterocycles. The third-order valence-corrected chi connectivity index (χ3v) is 6.87. The van der Waals surface area contributed by atoms with Gasteiger partial charge in [0.25, 0.3) is 0 Å². The number of nitrogens with zero attached hydrogens (tertiary/aromatic N) is 3. The first-order valence-corrected chi connectivity index (χ1v) is 8.58. The van der Waals surface area contributed by atoms with Crippen molar-refractivity contribution in [2.24, 2.45) is 24.6 Å². The van der Waals surface area contributed by atoms with Crippen LogP contribution in [0.5, 0.6) is 0 Å². The maximum Gasteiger partial charge on any atom is 0.247 e. The Morgan fingerprint density at radius 2 is 2.14 bits per heavy atom. The summed E-state index contributed by atoms with van der Waals surface area (Å²) in [4.78, 5) is 12.0. The second kappa shape index (κ2) is 4.81. The third-order valence-electron chi connectivity index (χ3n) is 4.92. The van der Waals surface area contributed by atoms with Crippen molar-refractivity contribution >= 4 is 15.9 Å². The van der Waals surface area contributed by atoms with Gasteiger partial charge in [-0.05, 0) is 31.6 Å². The molecule has 2 N–H and O–H groups in total. The number of rotatable bonds is 3. The van der Waals surface area contributed by atoms with Crippen LogP contribution in [0.4, 0.5) is 0 Å². The first kappa shape index (κ1) is 14.5. The first-order chi connectivity index (χ1) is 9.84. The monoisotopic (exact) mass is 312 g/mol. The molecule has 0 aromatic carbocycles. The fourth-order valence-corrected chi connectivity index (χ4v) is 5.61. The first-order valence-electron chi connectivity index (χ1n) is 7.14. The van der Waals surface area contributed by atoms with E-state index in [1.807, 2.05) is 0 Å². The SMILES string of the molecule is Cc1c(S(=O)(=O)N2C[C@@H]3CCC[C@H]3[C@H]2C(N)=O)cnn1C. The molecule has 21 heavy (non-hydrogen) atoms. The molecule has 0 bridgehead atoms. The number of aryl methyl sites for hydroxylation is 1. The highest BCUT2D eigenvalue weighted by atomic mass is 32.2. The van der Waals surface area contributed by atoms with Gasteiger partial charge in [-0.15, -0.1) is 0 Å². The van der Waals surface area contributed by atoms with Crippen LogP contribution in [-0.2, 0) is 21.9 Å². The van der Waals surface area contributed by atoms with Crippen molar-refractivity contribution in [3.8, 4) is 0 Å². The third kappa shape index (κ3) is 2.08. The topological polar surface area (TPSA) is 98.3 Å². The van der Waals surface area contributed by atoms with Crippen molar-refractivity contribution in [2.45, 2.75) is 37.1 Å². The maximum atomic E-state index is 12.9. The number of hydrogen-bond donors (Lipinski definition) is 1. The number of nitrogens with two attached hydrogens (primary N) is 1. The van der Waals surface area contributed by atoms with Crippen molar-refractivity contribution in [1.82, 2.24) is 14.1 Å². The number of sulfonamides is 1. The molecule has 0 unspecified atom stereocenters. The van der Waals surface area contributed by atoms with Crippen molar-refractivity contribution in [3.05, 3.63) is 11.9 Å². The lowest BCUT2D eigenvalue weighted by Crippen LogP contribution is -2.46. The molecule has 116 valence electrons. The Morgan fingerprint density at radius 1 is 1.43 bits per heavy atom. The lowest BCUT2D eigenvalue weighted by Gasteiger charge is -2.24. The van der Waals surface area contributed by atoms with Crippen LogP contribution in [0.1, 0.15) is 25.0 Å². The van der Waals surface area contributed by atoms with E-state index in [0.717, 1.165) is 19.3 Å². The molecule has 1 aliphatic carbocycles. The normalized spacial score (nSPS) is 29.7. The van der Waals surface area contributed by atoms with Crippen molar-refractivity contribution < 1.29 is 13.2 Å². The summed E-state index contributed by atoms with van der Waals surface area (Å²) in [6, 6.07) is -0.720. The fraction of sp³-hybridized carbons (Fsp3) is 0.692. The summed E-state index contributed by atoms with van der Waals surface area (Å²) in [6.07, 6.45) is 4.22. The second-order valence-electron chi connectivity index (χ2n) is 5.99. The van der Waals surface area contributed by atoms with Crippen LogP contribution in [0.25, 0.3) is 0 Å². The number of fused-ring (bicyclic) bond motifs is 1. The van der Waals surface area contributed by atoms with Crippen LogP contribution in [0, 0.1) is 18.8 Å². The molecule has 1 aliphatic heterocycles. The predicted octanol–water partition coefficient (Wildman–Crippen LogP) is 0.00302. The van der Waals surface area contributed by atoms with E-state index < -0.39 is 22.0 Å². The van der Waals surface area contributed by atoms with Gasteiger partial charge >= 0.3 is 0 Å². The predicted molar refractivity (Wildman–Crippen MR) is 75.7 cm³/mol. The van der Waals surface area contributed by atoms with Crippen molar-refractivity contribution in [1.29, 1.82) is 0 Å². The minimum Gasteiger partial charge on any atom is -0.368 e. The number of amides is 1. The molecule has 7 nitrogen and oxygen atoms in total. The molecular formula is C13H20N4O3S. The standard InChI is InChI=1S/C13H20N4O3S/c1-8-11(6-15-16(8)2)21(19,20)17-7-9-4-3-5-10(9)12(17)13(14)18/h6,9-10,12H,3-5,7H2,1-2H3,(H2,14,18)/t9-,10+,12-/m0/s1. The molecule has 8 heteroatoms. The zero-order chi connectivity index (χ0) is 15.4. The molecule has 1 saturated carbocycles. The molecule has 0 spiro atoms. The van der Waals surface area contributed by atoms with Gasteiger partial charge in [0.05, 0.1) is 11.9 Å². The van der Waals surface area contributed by atoms with E-state index in [-0.39, 0.29) is 16.7 Å². The summed E-state index contributed by atoms with van der Waals surface area (Å²) in [5.74, 6) is -0.238. The number of carbonyl (C=O) groups is 1. The summed E-state index contributed by atoms with van der Waals surface area (Å²) < 4.78 is 28.6. The molecular weight excluding hydrogens is 292 g/mol. The van der Waals surface area contributed by atoms with E-state index in [1.54, 1.807) is 14.0 Å². The second-order valence-corrected chi connectivity index (χ2v) is 7.85. The number of carbonyl (C=O) groups excluding carboxylic acids is 1. The van der Waals surface area contributed by atoms with Crippen LogP contribution in [-0.4, -0.2) is 41.0 Å². The van der Waals surface area contributed by atoms with Gasteiger partial charge in [0, 0.05) is 13.6 Å². The Morgan fingerprint density at radius 3 is 2.71 bits per heavy atom. The van der Waals surface area contributed by atoms with Gasteiger partial charge in [-0.25, -0.2) is 8.42 Å². The molecule has 0 radical (unpaired) electrons. The van der Waals surface area contributed by atoms with E-state index in [9.17, 15) is 13.2 Å². The summed E-state index contributed by atoms with van der Waals surface area (Å²) in [5, 5.41) is 3.99. The lowest BCUT2D eigenvalue weighted by molar-refractivity contribution is -0.122. The van der Waals surface area contributed by atoms with Gasteiger partial charge in [-0.3, -0.25) is 9.48 Å². The summed E-state index contributed by atoms with van der Waals surface area (Å²) >= 11 is 0. The van der Waals surface area contributed by atoms with Gasteiger partial charge < -0.3 is 5.73 Å². The van der Waals surface area contributed by atoms with Gasteiger partial charge in [0.15, 0.2) is 0 Å². The maximum absolute atomic E-state index is 12.9. The lowest BCUT2D eigenvalue weighted by atomic mass is 9.94. The Labute approximate surface area is 124 Å². The van der Waals surface area contributed by atoms with Crippen LogP contribution in [0.15, 0.2) is 11.1 Å². The average Bonchev–Trinajstić information content (AvgIpc) is 3.04. The highest BCUT2D eigenvalue weighted by Gasteiger charge is 2.51. The highest BCUT2D eigenvalue weighted by molar-refractivity contribution is 7.89. The van der Waals surface area contributed by atoms with Gasteiger partial charge in [-0.1, -0.05) is 6.42 Å². The summed E-state index contributed by atoms with van der Waals surface area (Å²) in [5.41, 5.74) is 6.06. The summed E-state index contributed by atoms with van der Waals surface area (Å²) in [6.45, 7) is 2.09. The van der Waals surface area contributed by atoms with E-state index in [1.165, 1.54) is 15.2 Å². The smallest absolute Gasteiger partial charge is 0.247 e. The zero-order valence-corrected chi connectivity index (χ0v) is 13.0. The Kier molecular flexibility index (Phi) is 3.32. The molecule has 3 atom stereocenters. The van der Waals surface area contributed by atoms with Gasteiger partial charge in [0.2, 0.25) is 15.9 Å². The quantitative estimate of drug-likeness (QED) is 0.849. The molecule has 2 heterocycles. The molecule has 2 aliphatic rings. The highest BCUT2D eigenvalue weighted by Crippen LogP contribution is 2.44. The van der Waals surface area contributed by atoms with E-state index >= 15 is 0 Å². The van der Waals surface area contributed by atoms with Crippen LogP contribution in [0.2, 0.25) is 0 Å². The van der Waals surface area contributed by atoms with Crippen molar-refractivity contribution in [3.63, 3.8) is 0 Å². The number of hydrogen-bond acceptors (Lipinski definition) is 4. The van der Waals surface area contributed by atoms with Gasteiger partial charge in [-0.2, -0.15) is 9.40 Å². The number of primary amides is 1. The summed E-state index contributed by atoms with van der Waals surface area (Å²) in [7, 11) is -2.04. The van der Waals surface area contributed by atoms with Crippen LogP contribution < -0.4 is 5.73 Å². The molecule has 1 amide bonds. The zero-order valence-electron chi connectivity index (χ0n) is 12.2. The molecule has 2 fully saturated rings. The van der Waals surface area contributed by atoms with Crippen molar-refractivity contribution in [2.75, 3.05) is 6.54 Å². The Bertz CT molecular complexity index is 682. The fourth-order valence-electron chi connectivity index (χ4n) is 3.72. The molecule has 3 rings (SSSR count). The van der Waals surface area contributed by atoms with E-state index in [2.05, 4.69) is 5.10 Å². The van der Waals surface area contributed by atoms with E-state index in [0.29, 0.717) is 12.2 Å². The largest absolute Gasteiger partial charge is 0.368 e. The molecule has 1 aromatic rings. The Hall–Kier alpha value is -1.41. The minimum absolute atomic E-state index is 0.0641.